The molecule has 2 aromatic rings. The number of esters is 1. The molecule has 0 spiro atoms. The summed E-state index contributed by atoms with van der Waals surface area (Å²) in [6, 6.07) is 9.35. The van der Waals surface area contributed by atoms with Gasteiger partial charge in [0.2, 0.25) is 10.0 Å². The van der Waals surface area contributed by atoms with Gasteiger partial charge in [0.1, 0.15) is 6.61 Å². The zero-order valence-corrected chi connectivity index (χ0v) is 19.4. The molecule has 176 valence electrons. The van der Waals surface area contributed by atoms with E-state index in [9.17, 15) is 23.3 Å². The lowest BCUT2D eigenvalue weighted by atomic mass is 9.84. The molecule has 0 aromatic heterocycles. The Labute approximate surface area is 196 Å². The highest BCUT2D eigenvalue weighted by Crippen LogP contribution is 2.29. The summed E-state index contributed by atoms with van der Waals surface area (Å²) < 4.78 is 33.0. The molecule has 0 heterocycles. The Morgan fingerprint density at radius 3 is 2.70 bits per heavy atom. The Hall–Kier alpha value is -2.95. The van der Waals surface area contributed by atoms with Crippen LogP contribution in [0.3, 0.4) is 0 Å². The predicted molar refractivity (Wildman–Crippen MR) is 122 cm³/mol. The standard InChI is InChI=1S/C22H23ClN2O7S/c1-31-22(26)9-2-16-12-15(10-11-32-25(27)28)13-17-14-19(5-8-21(16)17)24-33(29,30)20-6-3-18(23)4-7-20/h2-4,6-7,9,12-13,19,24H,5,8,10-11,14H2,1H3. The van der Waals surface area contributed by atoms with Gasteiger partial charge in [-0.15, -0.1) is 10.1 Å². The number of nitrogens with one attached hydrogen (secondary N) is 1. The topological polar surface area (TPSA) is 125 Å². The highest BCUT2D eigenvalue weighted by atomic mass is 35.5. The number of ether oxygens (including phenoxy) is 1. The molecule has 11 heteroatoms. The number of methoxy groups -OCH3 is 1. The maximum absolute atomic E-state index is 12.8. The fourth-order valence-corrected chi connectivity index (χ4v) is 5.15. The number of sulfonamides is 1. The zero-order valence-electron chi connectivity index (χ0n) is 17.8. The predicted octanol–water partition coefficient (Wildman–Crippen LogP) is 3.11. The number of hydrogen-bond acceptors (Lipinski definition) is 7. The van der Waals surface area contributed by atoms with Crippen molar-refractivity contribution in [3.63, 3.8) is 0 Å². The van der Waals surface area contributed by atoms with E-state index < -0.39 is 21.1 Å². The van der Waals surface area contributed by atoms with E-state index in [1.165, 1.54) is 37.5 Å². The quantitative estimate of drug-likeness (QED) is 0.246. The lowest BCUT2D eigenvalue weighted by Gasteiger charge is -2.27. The van der Waals surface area contributed by atoms with Crippen molar-refractivity contribution < 1.29 is 27.9 Å². The van der Waals surface area contributed by atoms with Crippen LogP contribution in [-0.2, 0) is 43.7 Å². The van der Waals surface area contributed by atoms with Crippen LogP contribution in [0, 0.1) is 10.1 Å². The fraction of sp³-hybridized carbons (Fsp3) is 0.318. The van der Waals surface area contributed by atoms with Crippen LogP contribution in [0.2, 0.25) is 5.02 Å². The highest BCUT2D eigenvalue weighted by molar-refractivity contribution is 7.89. The van der Waals surface area contributed by atoms with E-state index in [2.05, 4.69) is 14.3 Å². The summed E-state index contributed by atoms with van der Waals surface area (Å²) in [5, 5.41) is 10.1. The van der Waals surface area contributed by atoms with Crippen LogP contribution in [0.25, 0.3) is 6.08 Å². The third kappa shape index (κ3) is 6.77. The van der Waals surface area contributed by atoms with Gasteiger partial charge in [-0.05, 0) is 78.3 Å². The van der Waals surface area contributed by atoms with E-state index in [0.717, 1.165) is 22.3 Å². The Kier molecular flexibility index (Phi) is 8.06. The first kappa shape index (κ1) is 24.7. The average molecular weight is 495 g/mol. The summed E-state index contributed by atoms with van der Waals surface area (Å²) in [6.07, 6.45) is 4.83. The molecule has 0 saturated carbocycles. The van der Waals surface area contributed by atoms with Crippen molar-refractivity contribution in [2.45, 2.75) is 36.6 Å². The Balaban J connectivity index is 1.84. The summed E-state index contributed by atoms with van der Waals surface area (Å²) in [5.41, 5.74) is 3.47. The third-order valence-corrected chi connectivity index (χ3v) is 7.07. The maximum Gasteiger partial charge on any atom is 0.330 e. The fourth-order valence-electron chi connectivity index (χ4n) is 3.76. The van der Waals surface area contributed by atoms with Gasteiger partial charge in [-0.1, -0.05) is 23.7 Å². The van der Waals surface area contributed by atoms with Crippen molar-refractivity contribution in [2.75, 3.05) is 13.7 Å². The smallest absolute Gasteiger partial charge is 0.330 e. The molecule has 0 aliphatic heterocycles. The molecule has 1 atom stereocenters. The van der Waals surface area contributed by atoms with Gasteiger partial charge in [0, 0.05) is 17.1 Å². The van der Waals surface area contributed by atoms with Gasteiger partial charge >= 0.3 is 5.97 Å². The summed E-state index contributed by atoms with van der Waals surface area (Å²) >= 11 is 5.85. The van der Waals surface area contributed by atoms with Crippen LogP contribution in [0.4, 0.5) is 0 Å². The van der Waals surface area contributed by atoms with Crippen LogP contribution in [0.1, 0.15) is 28.7 Å². The molecule has 0 saturated heterocycles. The Bertz CT molecular complexity index is 1160. The van der Waals surface area contributed by atoms with Crippen molar-refractivity contribution in [3.05, 3.63) is 79.9 Å². The number of rotatable bonds is 9. The second-order valence-electron chi connectivity index (χ2n) is 7.50. The van der Waals surface area contributed by atoms with Gasteiger partial charge in [-0.2, -0.15) is 0 Å². The molecular formula is C22H23ClN2O7S. The number of carbonyl (C=O) groups excluding carboxylic acids is 1. The van der Waals surface area contributed by atoms with E-state index in [1.807, 2.05) is 12.1 Å². The van der Waals surface area contributed by atoms with E-state index in [-0.39, 0.29) is 24.0 Å². The van der Waals surface area contributed by atoms with E-state index in [0.29, 0.717) is 24.3 Å². The number of carbonyl (C=O) groups is 1. The van der Waals surface area contributed by atoms with Crippen molar-refractivity contribution in [2.24, 2.45) is 0 Å². The van der Waals surface area contributed by atoms with Gasteiger partial charge in [-0.3, -0.25) is 0 Å². The Morgan fingerprint density at radius 2 is 2.03 bits per heavy atom. The van der Waals surface area contributed by atoms with Crippen LogP contribution < -0.4 is 4.72 Å². The molecule has 0 radical (unpaired) electrons. The number of nitrogens with zero attached hydrogens (tertiary/aromatic N) is 1. The molecule has 0 bridgehead atoms. The first-order chi connectivity index (χ1) is 15.7. The van der Waals surface area contributed by atoms with Gasteiger partial charge < -0.3 is 9.57 Å². The maximum atomic E-state index is 12.8. The van der Waals surface area contributed by atoms with Gasteiger partial charge in [0.25, 0.3) is 5.09 Å². The normalized spacial score (nSPS) is 15.8. The highest BCUT2D eigenvalue weighted by Gasteiger charge is 2.26. The molecule has 9 nitrogen and oxygen atoms in total. The van der Waals surface area contributed by atoms with Crippen molar-refractivity contribution >= 4 is 33.7 Å². The molecule has 1 aliphatic rings. The summed E-state index contributed by atoms with van der Waals surface area (Å²) in [6.45, 7) is -0.113. The number of fused-ring (bicyclic) bond motifs is 1. The summed E-state index contributed by atoms with van der Waals surface area (Å²) in [7, 11) is -2.44. The van der Waals surface area contributed by atoms with Crippen molar-refractivity contribution in [1.29, 1.82) is 0 Å². The summed E-state index contributed by atoms with van der Waals surface area (Å²) in [5.74, 6) is -0.504. The van der Waals surface area contributed by atoms with Crippen LogP contribution in [0.15, 0.2) is 47.4 Å². The van der Waals surface area contributed by atoms with Gasteiger partial charge in [-0.25, -0.2) is 17.9 Å². The number of halogens is 1. The molecule has 2 aromatic carbocycles. The number of hydrogen-bond donors (Lipinski definition) is 1. The van der Waals surface area contributed by atoms with Crippen LogP contribution in [0.5, 0.6) is 0 Å². The van der Waals surface area contributed by atoms with E-state index in [4.69, 9.17) is 11.6 Å². The molecule has 0 amide bonds. The minimum atomic E-state index is -3.73. The molecule has 1 N–H and O–H groups in total. The first-order valence-electron chi connectivity index (χ1n) is 10.1. The van der Waals surface area contributed by atoms with Gasteiger partial charge in [0.15, 0.2) is 0 Å². The van der Waals surface area contributed by atoms with E-state index >= 15 is 0 Å². The van der Waals surface area contributed by atoms with Crippen LogP contribution in [-0.4, -0.2) is 39.2 Å². The lowest BCUT2D eigenvalue weighted by Crippen LogP contribution is -2.39. The molecule has 3 rings (SSSR count). The molecule has 1 aliphatic carbocycles. The van der Waals surface area contributed by atoms with Crippen molar-refractivity contribution in [1.82, 2.24) is 4.72 Å². The molecular weight excluding hydrogens is 472 g/mol. The van der Waals surface area contributed by atoms with Crippen LogP contribution >= 0.6 is 11.6 Å². The molecule has 1 unspecified atom stereocenters. The lowest BCUT2D eigenvalue weighted by molar-refractivity contribution is -0.757. The van der Waals surface area contributed by atoms with Gasteiger partial charge in [0.05, 0.1) is 12.0 Å². The van der Waals surface area contributed by atoms with E-state index in [1.54, 1.807) is 6.08 Å². The first-order valence-corrected chi connectivity index (χ1v) is 12.0. The largest absolute Gasteiger partial charge is 0.466 e. The monoisotopic (exact) mass is 494 g/mol. The Morgan fingerprint density at radius 1 is 1.30 bits per heavy atom. The zero-order chi connectivity index (χ0) is 24.0. The third-order valence-electron chi connectivity index (χ3n) is 5.28. The summed E-state index contributed by atoms with van der Waals surface area (Å²) in [4.78, 5) is 26.6. The average Bonchev–Trinajstić information content (AvgIpc) is 2.76. The number of benzene rings is 2. The minimum absolute atomic E-state index is 0.113. The minimum Gasteiger partial charge on any atom is -0.466 e. The second kappa shape index (κ2) is 10.8. The molecule has 0 fully saturated rings. The second-order valence-corrected chi connectivity index (χ2v) is 9.65. The van der Waals surface area contributed by atoms with Crippen molar-refractivity contribution in [3.8, 4) is 0 Å². The SMILES string of the molecule is COC(=O)C=Cc1cc(CCO[N+](=O)[O-])cc2c1CCC(NS(=O)(=O)c1ccc(Cl)cc1)C2. The molecule has 33 heavy (non-hydrogen) atoms.